The summed E-state index contributed by atoms with van der Waals surface area (Å²) in [5, 5.41) is 9.99. The van der Waals surface area contributed by atoms with Crippen molar-refractivity contribution < 1.29 is 14.7 Å². The number of rotatable bonds is 4. The number of halogens is 2. The lowest BCUT2D eigenvalue weighted by Crippen LogP contribution is -2.38. The Hall–Kier alpha value is -0.910. The highest BCUT2D eigenvalue weighted by Gasteiger charge is 2.42. The average molecular weight is 362 g/mol. The molecule has 22 heavy (non-hydrogen) atoms. The molecule has 4 nitrogen and oxygen atoms in total. The first-order valence-electron chi connectivity index (χ1n) is 6.87. The van der Waals surface area contributed by atoms with Crippen LogP contribution in [0.2, 0.25) is 10.0 Å². The number of nitrogens with zero attached hydrogens (tertiary/aromatic N) is 1. The predicted octanol–water partition coefficient (Wildman–Crippen LogP) is 3.80. The maximum absolute atomic E-state index is 12.5. The molecule has 1 heterocycles. The molecule has 2 atom stereocenters. The Morgan fingerprint density at radius 2 is 2.09 bits per heavy atom. The van der Waals surface area contributed by atoms with Gasteiger partial charge in [0.15, 0.2) is 0 Å². The van der Waals surface area contributed by atoms with Gasteiger partial charge in [-0.1, -0.05) is 23.2 Å². The van der Waals surface area contributed by atoms with E-state index in [0.717, 1.165) is 4.90 Å². The molecule has 1 fully saturated rings. The van der Waals surface area contributed by atoms with Gasteiger partial charge < -0.3 is 10.0 Å². The third-order valence-corrected chi connectivity index (χ3v) is 5.67. The lowest BCUT2D eigenvalue weighted by atomic mass is 9.90. The van der Waals surface area contributed by atoms with E-state index in [1.807, 2.05) is 0 Å². The highest BCUT2D eigenvalue weighted by atomic mass is 35.5. The lowest BCUT2D eigenvalue weighted by Gasteiger charge is -2.23. The molecule has 0 aromatic heterocycles. The van der Waals surface area contributed by atoms with Crippen LogP contribution in [0.1, 0.15) is 20.3 Å². The van der Waals surface area contributed by atoms with Gasteiger partial charge in [0.1, 0.15) is 0 Å². The van der Waals surface area contributed by atoms with E-state index in [2.05, 4.69) is 0 Å². The Labute approximate surface area is 143 Å². The summed E-state index contributed by atoms with van der Waals surface area (Å²) in [6.45, 7) is 4.18. The minimum atomic E-state index is -0.860. The van der Waals surface area contributed by atoms with Crippen LogP contribution in [0.25, 0.3) is 0 Å². The monoisotopic (exact) mass is 361 g/mol. The van der Waals surface area contributed by atoms with Gasteiger partial charge in [0.05, 0.1) is 15.7 Å². The fraction of sp³-hybridized carbons (Fsp3) is 0.467. The van der Waals surface area contributed by atoms with E-state index >= 15 is 0 Å². The molecule has 0 bridgehead atoms. The largest absolute Gasteiger partial charge is 0.481 e. The topological polar surface area (TPSA) is 57.6 Å². The molecular formula is C15H17Cl2NO3S. The molecule has 1 aliphatic rings. The van der Waals surface area contributed by atoms with E-state index in [0.29, 0.717) is 23.0 Å². The Balaban J connectivity index is 2.04. The fourth-order valence-corrected chi connectivity index (χ4v) is 3.88. The van der Waals surface area contributed by atoms with Gasteiger partial charge in [0.2, 0.25) is 5.91 Å². The van der Waals surface area contributed by atoms with Crippen LogP contribution >= 0.6 is 35.0 Å². The third-order valence-electron chi connectivity index (χ3n) is 3.85. The number of carboxylic acid groups (broad SMARTS) is 1. The first-order valence-corrected chi connectivity index (χ1v) is 8.50. The van der Waals surface area contributed by atoms with Crippen molar-refractivity contribution in [1.82, 2.24) is 4.90 Å². The molecule has 1 N–H and O–H groups in total. The highest BCUT2D eigenvalue weighted by Crippen LogP contribution is 2.35. The Morgan fingerprint density at radius 3 is 2.68 bits per heavy atom. The number of carboxylic acids is 1. The van der Waals surface area contributed by atoms with E-state index in [1.54, 1.807) is 36.9 Å². The van der Waals surface area contributed by atoms with Gasteiger partial charge in [0, 0.05) is 23.0 Å². The number of benzene rings is 1. The summed E-state index contributed by atoms with van der Waals surface area (Å²) in [6.07, 6.45) is 0.476. The van der Waals surface area contributed by atoms with Gasteiger partial charge in [-0.25, -0.2) is 0 Å². The molecule has 2 rings (SSSR count). The Morgan fingerprint density at radius 1 is 1.41 bits per heavy atom. The van der Waals surface area contributed by atoms with Crippen LogP contribution in [0.5, 0.6) is 0 Å². The van der Waals surface area contributed by atoms with Crippen LogP contribution in [0.4, 0.5) is 0 Å². The molecule has 7 heteroatoms. The molecule has 1 aromatic carbocycles. The predicted molar refractivity (Wildman–Crippen MR) is 88.7 cm³/mol. The normalized spacial score (nSPS) is 22.6. The quantitative estimate of drug-likeness (QED) is 0.828. The van der Waals surface area contributed by atoms with Crippen LogP contribution in [0.3, 0.4) is 0 Å². The number of likely N-dealkylation sites (tertiary alicyclic amines) is 1. The molecule has 1 amide bonds. The number of aliphatic carboxylic acids is 1. The second-order valence-corrected chi connectivity index (χ2v) is 7.94. The van der Waals surface area contributed by atoms with Gasteiger partial charge >= 0.3 is 5.97 Å². The Bertz CT molecular complexity index is 610. The second-order valence-electron chi connectivity index (χ2n) is 5.71. The number of hydrogen-bond donors (Lipinski definition) is 1. The van der Waals surface area contributed by atoms with E-state index in [4.69, 9.17) is 23.2 Å². The summed E-state index contributed by atoms with van der Waals surface area (Å²) in [6, 6.07) is 5.11. The van der Waals surface area contributed by atoms with Crippen molar-refractivity contribution >= 4 is 46.8 Å². The first kappa shape index (κ1) is 17.4. The summed E-state index contributed by atoms with van der Waals surface area (Å²) < 4.78 is 0. The highest BCUT2D eigenvalue weighted by molar-refractivity contribution is 8.00. The molecule has 1 aliphatic heterocycles. The lowest BCUT2D eigenvalue weighted by molar-refractivity contribution is -0.147. The van der Waals surface area contributed by atoms with Gasteiger partial charge in [0.25, 0.3) is 0 Å². The van der Waals surface area contributed by atoms with Crippen molar-refractivity contribution in [3.8, 4) is 0 Å². The molecule has 0 radical (unpaired) electrons. The molecule has 0 saturated carbocycles. The molecule has 2 unspecified atom stereocenters. The smallest absolute Gasteiger partial charge is 0.311 e. The van der Waals surface area contributed by atoms with Crippen LogP contribution in [-0.2, 0) is 9.59 Å². The summed E-state index contributed by atoms with van der Waals surface area (Å²) >= 11 is 13.4. The SMILES string of the molecule is CC(Sc1cc(Cl)ccc1Cl)C(=O)N1CCC(C)(C(=O)O)C1. The summed E-state index contributed by atoms with van der Waals surface area (Å²) in [4.78, 5) is 26.1. The van der Waals surface area contributed by atoms with E-state index in [-0.39, 0.29) is 17.7 Å². The van der Waals surface area contributed by atoms with Crippen LogP contribution in [0, 0.1) is 5.41 Å². The second kappa shape index (κ2) is 6.69. The number of carbonyl (C=O) groups excluding carboxylic acids is 1. The summed E-state index contributed by atoms with van der Waals surface area (Å²) in [5.74, 6) is -0.938. The van der Waals surface area contributed by atoms with E-state index in [9.17, 15) is 14.7 Å². The molecule has 1 aromatic rings. The minimum Gasteiger partial charge on any atom is -0.481 e. The summed E-state index contributed by atoms with van der Waals surface area (Å²) in [7, 11) is 0. The zero-order valence-corrected chi connectivity index (χ0v) is 14.6. The van der Waals surface area contributed by atoms with Gasteiger partial charge in [-0.2, -0.15) is 0 Å². The number of thioether (sulfide) groups is 1. The number of carbonyl (C=O) groups is 2. The van der Waals surface area contributed by atoms with E-state index < -0.39 is 11.4 Å². The number of hydrogen-bond acceptors (Lipinski definition) is 3. The maximum Gasteiger partial charge on any atom is 0.311 e. The van der Waals surface area contributed by atoms with Gasteiger partial charge in [-0.15, -0.1) is 11.8 Å². The molecular weight excluding hydrogens is 345 g/mol. The van der Waals surface area contributed by atoms with Crippen molar-refractivity contribution in [3.05, 3.63) is 28.2 Å². The van der Waals surface area contributed by atoms with Crippen molar-refractivity contribution in [3.63, 3.8) is 0 Å². The van der Waals surface area contributed by atoms with Gasteiger partial charge in [-0.05, 0) is 38.5 Å². The zero-order chi connectivity index (χ0) is 16.5. The molecule has 0 aliphatic carbocycles. The van der Waals surface area contributed by atoms with Crippen LogP contribution in [-0.4, -0.2) is 40.2 Å². The maximum atomic E-state index is 12.5. The van der Waals surface area contributed by atoms with Crippen LogP contribution in [0.15, 0.2) is 23.1 Å². The van der Waals surface area contributed by atoms with Crippen molar-refractivity contribution in [2.45, 2.75) is 30.4 Å². The van der Waals surface area contributed by atoms with Crippen LogP contribution < -0.4 is 0 Å². The van der Waals surface area contributed by atoms with Crippen molar-refractivity contribution in [2.75, 3.05) is 13.1 Å². The zero-order valence-electron chi connectivity index (χ0n) is 12.3. The molecule has 120 valence electrons. The third kappa shape index (κ3) is 3.70. The van der Waals surface area contributed by atoms with Gasteiger partial charge in [-0.3, -0.25) is 9.59 Å². The summed E-state index contributed by atoms with van der Waals surface area (Å²) in [5.41, 5.74) is -0.853. The standard InChI is InChI=1S/C15H17Cl2NO3S/c1-9(22-12-7-10(16)3-4-11(12)17)13(19)18-6-5-15(2,8-18)14(20)21/h3-4,7,9H,5-6,8H2,1-2H3,(H,20,21). The molecule has 0 spiro atoms. The van der Waals surface area contributed by atoms with Crippen molar-refractivity contribution in [1.29, 1.82) is 0 Å². The first-order chi connectivity index (χ1) is 10.2. The Kier molecular flexibility index (Phi) is 5.30. The van der Waals surface area contributed by atoms with E-state index in [1.165, 1.54) is 11.8 Å². The van der Waals surface area contributed by atoms with Crippen molar-refractivity contribution in [2.24, 2.45) is 5.41 Å². The number of amides is 1. The average Bonchev–Trinajstić information content (AvgIpc) is 2.86. The minimum absolute atomic E-state index is 0.0778. The molecule has 1 saturated heterocycles. The fourth-order valence-electron chi connectivity index (χ4n) is 2.39.